The summed E-state index contributed by atoms with van der Waals surface area (Å²) in [6.07, 6.45) is 0.139. The molecule has 2 rings (SSSR count). The Hall–Kier alpha value is -0.810. The van der Waals surface area contributed by atoms with E-state index in [1.807, 2.05) is 18.2 Å². The van der Waals surface area contributed by atoms with Gasteiger partial charge in [0, 0.05) is 6.54 Å². The van der Waals surface area contributed by atoms with E-state index < -0.39 is 0 Å². The van der Waals surface area contributed by atoms with Crippen LogP contribution in [0, 0.1) is 0 Å². The van der Waals surface area contributed by atoms with Gasteiger partial charge >= 0.3 is 0 Å². The first kappa shape index (κ1) is 11.7. The molecule has 16 heavy (non-hydrogen) atoms. The molecule has 0 amide bonds. The summed E-state index contributed by atoms with van der Waals surface area (Å²) < 4.78 is 10.7. The number of rotatable bonds is 5. The summed E-state index contributed by atoms with van der Waals surface area (Å²) in [4.78, 5) is 4.77. The molecule has 0 aromatic heterocycles. The van der Waals surface area contributed by atoms with Gasteiger partial charge in [-0.15, -0.1) is 0 Å². The summed E-state index contributed by atoms with van der Waals surface area (Å²) in [6.45, 7) is 1.90. The van der Waals surface area contributed by atoms with Crippen molar-refractivity contribution in [3.05, 3.63) is 28.8 Å². The lowest BCUT2D eigenvalue weighted by atomic mass is 10.2. The highest BCUT2D eigenvalue weighted by atomic mass is 35.5. The fourth-order valence-electron chi connectivity index (χ4n) is 1.37. The summed E-state index contributed by atoms with van der Waals surface area (Å²) in [5, 5.41) is 0.613. The molecule has 5 heteroatoms. The van der Waals surface area contributed by atoms with Gasteiger partial charge < -0.3 is 14.3 Å². The van der Waals surface area contributed by atoms with E-state index in [9.17, 15) is 0 Å². The monoisotopic (exact) mass is 243 g/mol. The topological polar surface area (TPSA) is 39.7 Å². The van der Waals surface area contributed by atoms with E-state index in [0.717, 1.165) is 5.56 Å². The molecule has 0 bridgehead atoms. The van der Waals surface area contributed by atoms with Crippen molar-refractivity contribution in [3.8, 4) is 5.75 Å². The summed E-state index contributed by atoms with van der Waals surface area (Å²) in [5.41, 5.74) is 3.80. The lowest BCUT2D eigenvalue weighted by molar-refractivity contribution is -0.0796. The van der Waals surface area contributed by atoms with Crippen LogP contribution in [0.4, 0.5) is 0 Å². The van der Waals surface area contributed by atoms with Crippen LogP contribution in [0.2, 0.25) is 5.02 Å². The molecule has 1 N–H and O–H groups in total. The molecule has 1 aromatic rings. The van der Waals surface area contributed by atoms with E-state index in [4.69, 9.17) is 25.9 Å². The zero-order valence-corrected chi connectivity index (χ0v) is 9.79. The average molecular weight is 244 g/mol. The van der Waals surface area contributed by atoms with Crippen LogP contribution in [0.15, 0.2) is 18.2 Å². The summed E-state index contributed by atoms with van der Waals surface area (Å²) in [7, 11) is 1.58. The van der Waals surface area contributed by atoms with E-state index in [1.54, 1.807) is 7.11 Å². The van der Waals surface area contributed by atoms with Gasteiger partial charge in [-0.25, -0.2) is 0 Å². The minimum atomic E-state index is 0.139. The number of nitrogens with one attached hydrogen (secondary N) is 1. The Morgan fingerprint density at radius 1 is 1.50 bits per heavy atom. The molecule has 1 aromatic carbocycles. The predicted molar refractivity (Wildman–Crippen MR) is 60.5 cm³/mol. The smallest absolute Gasteiger partial charge is 0.145 e. The minimum Gasteiger partial charge on any atom is -0.484 e. The second-order valence-corrected chi connectivity index (χ2v) is 3.97. The SMILES string of the molecule is CONCc1ccc(OC2COC2)c(Cl)c1. The van der Waals surface area contributed by atoms with Crippen LogP contribution in [0.1, 0.15) is 5.56 Å². The molecule has 4 nitrogen and oxygen atoms in total. The Kier molecular flexibility index (Phi) is 4.01. The normalized spacial score (nSPS) is 15.9. The summed E-state index contributed by atoms with van der Waals surface area (Å²) >= 11 is 6.10. The van der Waals surface area contributed by atoms with Crippen molar-refractivity contribution in [1.82, 2.24) is 5.48 Å². The van der Waals surface area contributed by atoms with Gasteiger partial charge in [0.2, 0.25) is 0 Å². The maximum absolute atomic E-state index is 6.10. The van der Waals surface area contributed by atoms with Gasteiger partial charge in [0.25, 0.3) is 0 Å². The van der Waals surface area contributed by atoms with Crippen molar-refractivity contribution < 1.29 is 14.3 Å². The molecule has 1 saturated heterocycles. The van der Waals surface area contributed by atoms with E-state index in [0.29, 0.717) is 30.5 Å². The molecular weight excluding hydrogens is 230 g/mol. The molecule has 88 valence electrons. The van der Waals surface area contributed by atoms with Gasteiger partial charge in [0.05, 0.1) is 25.3 Å². The van der Waals surface area contributed by atoms with Gasteiger partial charge in [-0.3, -0.25) is 0 Å². The number of benzene rings is 1. The average Bonchev–Trinajstić information content (AvgIpc) is 2.22. The first-order valence-corrected chi connectivity index (χ1v) is 5.46. The van der Waals surface area contributed by atoms with Crippen molar-refractivity contribution in [2.75, 3.05) is 20.3 Å². The molecule has 1 aliphatic heterocycles. The van der Waals surface area contributed by atoms with Crippen molar-refractivity contribution in [3.63, 3.8) is 0 Å². The third-order valence-electron chi connectivity index (χ3n) is 2.32. The molecule has 0 spiro atoms. The van der Waals surface area contributed by atoms with Crippen molar-refractivity contribution in [2.24, 2.45) is 0 Å². The highest BCUT2D eigenvalue weighted by molar-refractivity contribution is 6.32. The third-order valence-corrected chi connectivity index (χ3v) is 2.61. The quantitative estimate of drug-likeness (QED) is 0.801. The molecule has 0 radical (unpaired) electrons. The Morgan fingerprint density at radius 3 is 2.88 bits per heavy atom. The van der Waals surface area contributed by atoms with E-state index in [1.165, 1.54) is 0 Å². The molecule has 1 heterocycles. The number of hydrogen-bond acceptors (Lipinski definition) is 4. The lowest BCUT2D eigenvalue weighted by Gasteiger charge is -2.27. The van der Waals surface area contributed by atoms with E-state index >= 15 is 0 Å². The van der Waals surface area contributed by atoms with Crippen molar-refractivity contribution in [2.45, 2.75) is 12.6 Å². The molecule has 1 aliphatic rings. The highest BCUT2D eigenvalue weighted by Crippen LogP contribution is 2.27. The Balaban J connectivity index is 1.97. The Bertz CT molecular complexity index is 355. The molecule has 0 atom stereocenters. The fourth-order valence-corrected chi connectivity index (χ4v) is 1.61. The highest BCUT2D eigenvalue weighted by Gasteiger charge is 2.21. The lowest BCUT2D eigenvalue weighted by Crippen LogP contribution is -2.38. The first-order chi connectivity index (χ1) is 7.79. The third kappa shape index (κ3) is 2.86. The Morgan fingerprint density at radius 2 is 2.31 bits per heavy atom. The van der Waals surface area contributed by atoms with Crippen LogP contribution in [0.5, 0.6) is 5.75 Å². The molecule has 0 saturated carbocycles. The van der Waals surface area contributed by atoms with Gasteiger partial charge in [0.1, 0.15) is 11.9 Å². The number of hydroxylamine groups is 1. The number of hydrogen-bond donors (Lipinski definition) is 1. The van der Waals surface area contributed by atoms with Crippen LogP contribution in [0.25, 0.3) is 0 Å². The first-order valence-electron chi connectivity index (χ1n) is 5.08. The van der Waals surface area contributed by atoms with Crippen LogP contribution in [-0.2, 0) is 16.1 Å². The van der Waals surface area contributed by atoms with Crippen LogP contribution < -0.4 is 10.2 Å². The largest absolute Gasteiger partial charge is 0.484 e. The van der Waals surface area contributed by atoms with Gasteiger partial charge in [-0.1, -0.05) is 17.7 Å². The Labute approximate surface area is 99.4 Å². The molecule has 0 aliphatic carbocycles. The van der Waals surface area contributed by atoms with Gasteiger partial charge in [0.15, 0.2) is 0 Å². The van der Waals surface area contributed by atoms with E-state index in [2.05, 4.69) is 5.48 Å². The maximum Gasteiger partial charge on any atom is 0.145 e. The standard InChI is InChI=1S/C11H14ClNO3/c1-14-13-5-8-2-3-11(10(12)4-8)16-9-6-15-7-9/h2-4,9,13H,5-7H2,1H3. The maximum atomic E-state index is 6.10. The van der Waals surface area contributed by atoms with Crippen molar-refractivity contribution in [1.29, 1.82) is 0 Å². The van der Waals surface area contributed by atoms with Crippen molar-refractivity contribution >= 4 is 11.6 Å². The van der Waals surface area contributed by atoms with Crippen LogP contribution in [-0.4, -0.2) is 26.4 Å². The van der Waals surface area contributed by atoms with Gasteiger partial charge in [-0.2, -0.15) is 5.48 Å². The molecule has 1 fully saturated rings. The fraction of sp³-hybridized carbons (Fsp3) is 0.455. The summed E-state index contributed by atoms with van der Waals surface area (Å²) in [5.74, 6) is 0.705. The zero-order valence-electron chi connectivity index (χ0n) is 9.03. The van der Waals surface area contributed by atoms with Gasteiger partial charge in [-0.05, 0) is 17.7 Å². The van der Waals surface area contributed by atoms with E-state index in [-0.39, 0.29) is 6.10 Å². The minimum absolute atomic E-state index is 0.139. The second kappa shape index (κ2) is 5.50. The number of halogens is 1. The zero-order chi connectivity index (χ0) is 11.4. The second-order valence-electron chi connectivity index (χ2n) is 3.57. The molecular formula is C11H14ClNO3. The predicted octanol–water partition coefficient (Wildman–Crippen LogP) is 1.77. The molecule has 0 unspecified atom stereocenters. The van der Waals surface area contributed by atoms with Crippen LogP contribution in [0.3, 0.4) is 0 Å². The van der Waals surface area contributed by atoms with Crippen LogP contribution >= 0.6 is 11.6 Å². The summed E-state index contributed by atoms with van der Waals surface area (Å²) in [6, 6.07) is 5.68. The number of ether oxygens (including phenoxy) is 2.